The molecule has 2 N–H and O–H groups in total. The number of aliphatic hydroxyl groups is 1. The van der Waals surface area contributed by atoms with Crippen molar-refractivity contribution in [2.45, 2.75) is 31.4 Å². The number of fused-ring (bicyclic) bond motifs is 1. The largest absolute Gasteiger partial charge is 0.494 e. The highest BCUT2D eigenvalue weighted by molar-refractivity contribution is 5.98. The molecule has 1 aliphatic rings. The van der Waals surface area contributed by atoms with E-state index >= 15 is 0 Å². The van der Waals surface area contributed by atoms with Crippen LogP contribution in [0.15, 0.2) is 55.0 Å². The minimum absolute atomic E-state index is 0.0107. The van der Waals surface area contributed by atoms with Crippen molar-refractivity contribution < 1.29 is 23.8 Å². The van der Waals surface area contributed by atoms with Crippen LogP contribution >= 0.6 is 0 Å². The number of nitrogens with zero attached hydrogens (tertiary/aromatic N) is 4. The van der Waals surface area contributed by atoms with E-state index in [0.29, 0.717) is 47.0 Å². The van der Waals surface area contributed by atoms with Gasteiger partial charge in [0.05, 0.1) is 37.6 Å². The summed E-state index contributed by atoms with van der Waals surface area (Å²) in [6.45, 7) is 0.626. The standard InChI is InChI=1S/C28H30FN5O4/c1-34-15-21(14-31-34)27(18-5-6-25(37-2)23(29)11-18)33-28(36)19-3-4-20-13-30-26(32-24(20)12-19)10-17-7-8-38-22(9-17)16-35/h3-6,11-15,17,22,27,35H,7-10,16H2,1-2H3,(H,33,36)/t17-,22+,27+/m1/s1. The number of aryl methyl sites for hydroxylation is 1. The molecule has 0 saturated carbocycles. The van der Waals surface area contributed by atoms with Gasteiger partial charge in [-0.1, -0.05) is 12.1 Å². The van der Waals surface area contributed by atoms with Gasteiger partial charge in [0.2, 0.25) is 0 Å². The van der Waals surface area contributed by atoms with Gasteiger partial charge in [0, 0.05) is 49.0 Å². The quantitative estimate of drug-likeness (QED) is 0.367. The molecule has 2 aromatic heterocycles. The number of amides is 1. The Morgan fingerprint density at radius 1 is 1.26 bits per heavy atom. The number of rotatable bonds is 8. The maximum Gasteiger partial charge on any atom is 0.252 e. The van der Waals surface area contributed by atoms with E-state index in [9.17, 15) is 14.3 Å². The minimum Gasteiger partial charge on any atom is -0.494 e. The molecular formula is C28H30FN5O4. The molecule has 4 aromatic rings. The number of aliphatic hydroxyl groups excluding tert-OH is 1. The van der Waals surface area contributed by atoms with E-state index in [1.165, 1.54) is 19.2 Å². The second-order valence-corrected chi connectivity index (χ2v) is 9.58. The van der Waals surface area contributed by atoms with Crippen LogP contribution in [0.3, 0.4) is 0 Å². The summed E-state index contributed by atoms with van der Waals surface area (Å²) in [5.74, 6) is 0.309. The summed E-state index contributed by atoms with van der Waals surface area (Å²) in [6.07, 6.45) is 7.38. The van der Waals surface area contributed by atoms with Crippen molar-refractivity contribution in [2.24, 2.45) is 13.0 Å². The van der Waals surface area contributed by atoms with Crippen LogP contribution in [0.25, 0.3) is 10.9 Å². The number of carbonyl (C=O) groups excluding carboxylic acids is 1. The fourth-order valence-electron chi connectivity index (χ4n) is 4.86. The molecular weight excluding hydrogens is 489 g/mol. The molecule has 1 fully saturated rings. The predicted octanol–water partition coefficient (Wildman–Crippen LogP) is 3.36. The van der Waals surface area contributed by atoms with Crippen LogP contribution in [0.2, 0.25) is 0 Å². The number of carbonyl (C=O) groups is 1. The average Bonchev–Trinajstić information content (AvgIpc) is 3.37. The van der Waals surface area contributed by atoms with Gasteiger partial charge in [0.25, 0.3) is 5.91 Å². The number of hydrogen-bond donors (Lipinski definition) is 2. The van der Waals surface area contributed by atoms with Crippen LogP contribution < -0.4 is 10.1 Å². The molecule has 0 radical (unpaired) electrons. The Labute approximate surface area is 219 Å². The Hall–Kier alpha value is -3.89. The van der Waals surface area contributed by atoms with Crippen molar-refractivity contribution in [2.75, 3.05) is 20.3 Å². The zero-order valence-corrected chi connectivity index (χ0v) is 21.3. The number of halogens is 1. The molecule has 198 valence electrons. The molecule has 38 heavy (non-hydrogen) atoms. The van der Waals surface area contributed by atoms with Crippen molar-refractivity contribution in [3.8, 4) is 5.75 Å². The zero-order chi connectivity index (χ0) is 26.6. The SMILES string of the molecule is COc1ccc([C@H](NC(=O)c2ccc3cnc(C[C@@H]4CCO[C@H](CO)C4)nc3c2)c2cnn(C)c2)cc1F. The van der Waals surface area contributed by atoms with Crippen LogP contribution in [-0.2, 0) is 18.2 Å². The molecule has 0 unspecified atom stereocenters. The highest BCUT2D eigenvalue weighted by Gasteiger charge is 2.24. The normalized spacial score (nSPS) is 18.3. The van der Waals surface area contributed by atoms with Gasteiger partial charge < -0.3 is 19.9 Å². The third-order valence-corrected chi connectivity index (χ3v) is 6.89. The molecule has 2 aromatic carbocycles. The number of hydrogen-bond acceptors (Lipinski definition) is 7. The third-order valence-electron chi connectivity index (χ3n) is 6.89. The lowest BCUT2D eigenvalue weighted by Gasteiger charge is -2.27. The highest BCUT2D eigenvalue weighted by atomic mass is 19.1. The topological polar surface area (TPSA) is 111 Å². The van der Waals surface area contributed by atoms with Crippen LogP contribution in [0.1, 0.15) is 46.2 Å². The molecule has 9 nitrogen and oxygen atoms in total. The second-order valence-electron chi connectivity index (χ2n) is 9.58. The first-order valence-electron chi connectivity index (χ1n) is 12.5. The van der Waals surface area contributed by atoms with E-state index < -0.39 is 11.9 Å². The highest BCUT2D eigenvalue weighted by Crippen LogP contribution is 2.27. The Kier molecular flexibility index (Phi) is 7.62. The Balaban J connectivity index is 1.39. The van der Waals surface area contributed by atoms with Crippen LogP contribution in [0.5, 0.6) is 5.75 Å². The van der Waals surface area contributed by atoms with E-state index in [-0.39, 0.29) is 24.4 Å². The third kappa shape index (κ3) is 5.66. The van der Waals surface area contributed by atoms with Gasteiger partial charge in [0.1, 0.15) is 5.82 Å². The van der Waals surface area contributed by atoms with Gasteiger partial charge in [-0.05, 0) is 48.6 Å². The van der Waals surface area contributed by atoms with E-state index in [1.807, 2.05) is 6.07 Å². The van der Waals surface area contributed by atoms with Gasteiger partial charge in [-0.2, -0.15) is 5.10 Å². The van der Waals surface area contributed by atoms with E-state index in [0.717, 1.165) is 18.2 Å². The van der Waals surface area contributed by atoms with Gasteiger partial charge in [-0.25, -0.2) is 14.4 Å². The molecule has 10 heteroatoms. The summed E-state index contributed by atoms with van der Waals surface area (Å²) in [5, 5.41) is 17.5. The molecule has 1 saturated heterocycles. The fraction of sp³-hybridized carbons (Fsp3) is 0.357. The first kappa shape index (κ1) is 25.7. The van der Waals surface area contributed by atoms with Gasteiger partial charge in [-0.3, -0.25) is 9.48 Å². The van der Waals surface area contributed by atoms with E-state index in [2.05, 4.69) is 15.4 Å². The Morgan fingerprint density at radius 2 is 2.13 bits per heavy atom. The molecule has 0 spiro atoms. The predicted molar refractivity (Wildman–Crippen MR) is 138 cm³/mol. The minimum atomic E-state index is -0.624. The number of benzene rings is 2. The van der Waals surface area contributed by atoms with Crippen molar-refractivity contribution in [1.29, 1.82) is 0 Å². The zero-order valence-electron chi connectivity index (χ0n) is 21.3. The number of aromatic nitrogens is 4. The Morgan fingerprint density at radius 3 is 2.87 bits per heavy atom. The summed E-state index contributed by atoms with van der Waals surface area (Å²) in [7, 11) is 3.18. The second kappa shape index (κ2) is 11.2. The summed E-state index contributed by atoms with van der Waals surface area (Å²) in [6, 6.07) is 9.27. The maximum atomic E-state index is 14.5. The smallest absolute Gasteiger partial charge is 0.252 e. The van der Waals surface area contributed by atoms with Crippen LogP contribution in [0.4, 0.5) is 4.39 Å². The first-order chi connectivity index (χ1) is 18.4. The van der Waals surface area contributed by atoms with Crippen LogP contribution in [0, 0.1) is 11.7 Å². The average molecular weight is 520 g/mol. The first-order valence-corrected chi connectivity index (χ1v) is 12.5. The number of ether oxygens (including phenoxy) is 2. The molecule has 3 heterocycles. The number of nitrogens with one attached hydrogen (secondary N) is 1. The monoisotopic (exact) mass is 519 g/mol. The van der Waals surface area contributed by atoms with E-state index in [4.69, 9.17) is 14.5 Å². The van der Waals surface area contributed by atoms with Gasteiger partial charge >= 0.3 is 0 Å². The van der Waals surface area contributed by atoms with Crippen molar-refractivity contribution in [1.82, 2.24) is 25.1 Å². The summed E-state index contributed by atoms with van der Waals surface area (Å²) in [4.78, 5) is 22.6. The molecule has 3 atom stereocenters. The lowest BCUT2D eigenvalue weighted by Crippen LogP contribution is -2.29. The van der Waals surface area contributed by atoms with Crippen molar-refractivity contribution in [3.63, 3.8) is 0 Å². The molecule has 1 aliphatic heterocycles. The van der Waals surface area contributed by atoms with Gasteiger partial charge in [0.15, 0.2) is 11.6 Å². The Bertz CT molecular complexity index is 1440. The molecule has 0 bridgehead atoms. The van der Waals surface area contributed by atoms with Crippen molar-refractivity contribution >= 4 is 16.8 Å². The summed E-state index contributed by atoms with van der Waals surface area (Å²) >= 11 is 0. The maximum absolute atomic E-state index is 14.5. The lowest BCUT2D eigenvalue weighted by molar-refractivity contribution is -0.0377. The molecule has 0 aliphatic carbocycles. The van der Waals surface area contributed by atoms with Crippen LogP contribution in [-0.4, -0.2) is 57.2 Å². The molecule has 1 amide bonds. The summed E-state index contributed by atoms with van der Waals surface area (Å²) in [5.41, 5.74) is 2.37. The lowest BCUT2D eigenvalue weighted by atomic mass is 9.92. The number of methoxy groups -OCH3 is 1. The molecule has 5 rings (SSSR count). The van der Waals surface area contributed by atoms with E-state index in [1.54, 1.807) is 48.5 Å². The van der Waals surface area contributed by atoms with Crippen molar-refractivity contribution in [3.05, 3.63) is 83.3 Å². The fourth-order valence-corrected chi connectivity index (χ4v) is 4.86. The summed E-state index contributed by atoms with van der Waals surface area (Å²) < 4.78 is 26.7. The van der Waals surface area contributed by atoms with Gasteiger partial charge in [-0.15, -0.1) is 0 Å².